The predicted molar refractivity (Wildman–Crippen MR) is 25.7 cm³/mol. The summed E-state index contributed by atoms with van der Waals surface area (Å²) in [6.07, 6.45) is 1.76. The van der Waals surface area contributed by atoms with Gasteiger partial charge >= 0.3 is 51.5 Å². The van der Waals surface area contributed by atoms with Crippen molar-refractivity contribution in [3.8, 4) is 0 Å². The molecule has 0 rings (SSSR count). The van der Waals surface area contributed by atoms with Gasteiger partial charge in [0.1, 0.15) is 0 Å². The molecule has 0 aliphatic rings. The second kappa shape index (κ2) is 3.87. The van der Waals surface area contributed by atoms with Gasteiger partial charge in [-0.1, -0.05) is 0 Å². The summed E-state index contributed by atoms with van der Waals surface area (Å²) < 4.78 is 0.221. The molecule has 0 bridgehead atoms. The summed E-state index contributed by atoms with van der Waals surface area (Å²) in [7, 11) is 0. The zero-order valence-corrected chi connectivity index (χ0v) is 5.87. The third kappa shape index (κ3) is 2.91. The Balaban J connectivity index is 2.96. The molecule has 2 heteroatoms. The van der Waals surface area contributed by atoms with Crippen LogP contribution in [0, 0.1) is 0 Å². The Hall–Kier alpha value is 0.692. The fourth-order valence-electron chi connectivity index (χ4n) is 0.0745. The van der Waals surface area contributed by atoms with Gasteiger partial charge in [0.15, 0.2) is 0 Å². The van der Waals surface area contributed by atoms with Crippen molar-refractivity contribution in [2.24, 2.45) is 0 Å². The molecular formula is C4H7ClPd. The third-order valence-electron chi connectivity index (χ3n) is 0.338. The fraction of sp³-hybridized carbons (Fsp3) is 0.500. The minimum atomic E-state index is 0.221. The molecule has 40 valence electrons. The standard InChI is InChI=1S/C3H4Cl.CH3.Pd/c1-2-3-4;;/h2-3H,1H2;1H3;. The average molecular weight is 197 g/mol. The van der Waals surface area contributed by atoms with E-state index in [0.29, 0.717) is 18.0 Å². The van der Waals surface area contributed by atoms with Crippen molar-refractivity contribution in [3.05, 3.63) is 12.7 Å². The van der Waals surface area contributed by atoms with E-state index in [1.54, 1.807) is 6.08 Å². The zero-order chi connectivity index (χ0) is 4.99. The van der Waals surface area contributed by atoms with Crippen LogP contribution in [0.25, 0.3) is 0 Å². The van der Waals surface area contributed by atoms with Gasteiger partial charge in [0, 0.05) is 0 Å². The molecule has 0 amide bonds. The minimum absolute atomic E-state index is 0.221. The first-order chi connectivity index (χ1) is 2.81. The van der Waals surface area contributed by atoms with Crippen molar-refractivity contribution in [3.63, 3.8) is 0 Å². The van der Waals surface area contributed by atoms with Crippen molar-refractivity contribution < 1.29 is 18.0 Å². The average Bonchev–Trinajstić information content (AvgIpc) is 1.65. The van der Waals surface area contributed by atoms with Crippen LogP contribution in [0.4, 0.5) is 0 Å². The van der Waals surface area contributed by atoms with Crippen molar-refractivity contribution in [2.75, 3.05) is 0 Å². The van der Waals surface area contributed by atoms with E-state index in [4.69, 9.17) is 11.6 Å². The topological polar surface area (TPSA) is 0 Å². The van der Waals surface area contributed by atoms with Gasteiger partial charge in [-0.25, -0.2) is 0 Å². The molecule has 0 aromatic heterocycles. The monoisotopic (exact) mass is 196 g/mol. The van der Waals surface area contributed by atoms with Crippen LogP contribution in [0.3, 0.4) is 0 Å². The van der Waals surface area contributed by atoms with E-state index in [1.165, 1.54) is 0 Å². The van der Waals surface area contributed by atoms with Crippen LogP contribution in [0.15, 0.2) is 12.7 Å². The molecule has 0 aromatic carbocycles. The Kier molecular flexibility index (Phi) is 4.31. The Morgan fingerprint density at radius 2 is 2.50 bits per heavy atom. The van der Waals surface area contributed by atoms with Gasteiger partial charge in [-0.15, -0.1) is 0 Å². The Morgan fingerprint density at radius 3 is 2.50 bits per heavy atom. The van der Waals surface area contributed by atoms with Crippen molar-refractivity contribution in [2.45, 2.75) is 9.25 Å². The quantitative estimate of drug-likeness (QED) is 0.360. The van der Waals surface area contributed by atoms with Crippen molar-refractivity contribution in [1.82, 2.24) is 0 Å². The van der Waals surface area contributed by atoms with E-state index in [0.717, 1.165) is 0 Å². The Labute approximate surface area is 51.7 Å². The third-order valence-corrected chi connectivity index (χ3v) is 2.56. The van der Waals surface area contributed by atoms with Crippen LogP contribution in [0.5, 0.6) is 0 Å². The normalized spacial score (nSPS) is 14.3. The molecule has 6 heavy (non-hydrogen) atoms. The van der Waals surface area contributed by atoms with Gasteiger partial charge in [0.25, 0.3) is 0 Å². The van der Waals surface area contributed by atoms with Gasteiger partial charge < -0.3 is 0 Å². The molecule has 0 saturated carbocycles. The number of hydrogen-bond donors (Lipinski definition) is 0. The SMILES string of the molecule is C=C[CH](Cl)[Pd][CH3]. The maximum atomic E-state index is 5.55. The molecule has 0 heterocycles. The molecular weight excluding hydrogens is 190 g/mol. The molecule has 1 atom stereocenters. The number of rotatable bonds is 2. The summed E-state index contributed by atoms with van der Waals surface area (Å²) in [5.41, 5.74) is 0. The molecule has 0 fully saturated rings. The van der Waals surface area contributed by atoms with Crippen LogP contribution < -0.4 is 0 Å². The van der Waals surface area contributed by atoms with E-state index in [1.807, 2.05) is 0 Å². The molecule has 0 radical (unpaired) electrons. The first kappa shape index (κ1) is 6.69. The van der Waals surface area contributed by atoms with E-state index in [9.17, 15) is 0 Å². The van der Waals surface area contributed by atoms with Gasteiger partial charge in [-0.2, -0.15) is 0 Å². The molecule has 1 unspecified atom stereocenters. The van der Waals surface area contributed by atoms with E-state index in [-0.39, 0.29) is 3.85 Å². The number of hydrogen-bond acceptors (Lipinski definition) is 0. The van der Waals surface area contributed by atoms with Crippen LogP contribution in [0.1, 0.15) is 0 Å². The molecule has 0 nitrogen and oxygen atoms in total. The second-order valence-corrected chi connectivity index (χ2v) is 3.54. The van der Waals surface area contributed by atoms with Crippen LogP contribution >= 0.6 is 11.6 Å². The van der Waals surface area contributed by atoms with E-state index < -0.39 is 0 Å². The molecule has 0 spiro atoms. The number of halogens is 1. The summed E-state index contributed by atoms with van der Waals surface area (Å²) in [4.78, 5) is 0. The molecule has 0 saturated heterocycles. The number of alkyl halides is 1. The zero-order valence-electron chi connectivity index (χ0n) is 3.56. The summed E-state index contributed by atoms with van der Waals surface area (Å²) in [5, 5.41) is 2.08. The molecule has 0 aromatic rings. The second-order valence-electron chi connectivity index (χ2n) is 0.719. The van der Waals surface area contributed by atoms with Crippen LogP contribution in [0.2, 0.25) is 5.40 Å². The summed E-state index contributed by atoms with van der Waals surface area (Å²) in [6, 6.07) is 0. The van der Waals surface area contributed by atoms with Crippen molar-refractivity contribution >= 4 is 11.6 Å². The molecule has 0 aliphatic carbocycles. The van der Waals surface area contributed by atoms with Gasteiger partial charge in [0.05, 0.1) is 0 Å². The van der Waals surface area contributed by atoms with Crippen LogP contribution in [-0.2, 0) is 18.0 Å². The van der Waals surface area contributed by atoms with Gasteiger partial charge in [-0.05, 0) is 0 Å². The first-order valence-electron chi connectivity index (χ1n) is 1.46. The number of allylic oxidation sites excluding steroid dienone is 1. The molecule has 0 N–H and O–H groups in total. The maximum absolute atomic E-state index is 5.55. The Morgan fingerprint density at radius 1 is 2.00 bits per heavy atom. The van der Waals surface area contributed by atoms with E-state index in [2.05, 4.69) is 12.0 Å². The van der Waals surface area contributed by atoms with Gasteiger partial charge in [-0.3, -0.25) is 0 Å². The Bertz CT molecular complexity index is 44.8. The summed E-state index contributed by atoms with van der Waals surface area (Å²) >= 11 is 6.17. The first-order valence-corrected chi connectivity index (χ1v) is 4.35. The van der Waals surface area contributed by atoms with Crippen molar-refractivity contribution in [1.29, 1.82) is 0 Å². The summed E-state index contributed by atoms with van der Waals surface area (Å²) in [6.45, 7) is 3.51. The van der Waals surface area contributed by atoms with E-state index >= 15 is 0 Å². The predicted octanol–water partition coefficient (Wildman–Crippen LogP) is 1.87. The molecule has 0 aliphatic heterocycles. The van der Waals surface area contributed by atoms with Crippen LogP contribution in [-0.4, -0.2) is 3.85 Å². The fourth-order valence-corrected chi connectivity index (χ4v) is 0.441. The van der Waals surface area contributed by atoms with Gasteiger partial charge in [0.2, 0.25) is 0 Å². The summed E-state index contributed by atoms with van der Waals surface area (Å²) in [5.74, 6) is 0.